The van der Waals surface area contributed by atoms with Crippen LogP contribution in [0.25, 0.3) is 0 Å². The number of anilines is 1. The van der Waals surface area contributed by atoms with Gasteiger partial charge in [0.1, 0.15) is 5.15 Å². The van der Waals surface area contributed by atoms with Gasteiger partial charge in [-0.2, -0.15) is 26.3 Å². The molecule has 0 saturated carbocycles. The molecule has 1 aromatic carbocycles. The zero-order valence-corrected chi connectivity index (χ0v) is 13.3. The van der Waals surface area contributed by atoms with Crippen molar-refractivity contribution in [1.29, 1.82) is 0 Å². The molecule has 0 aliphatic rings. The minimum atomic E-state index is -5.02. The molecule has 0 fully saturated rings. The Labute approximate surface area is 146 Å². The van der Waals surface area contributed by atoms with Crippen molar-refractivity contribution in [2.75, 3.05) is 5.32 Å². The fourth-order valence-corrected chi connectivity index (χ4v) is 2.05. The van der Waals surface area contributed by atoms with Crippen LogP contribution in [0.5, 0.6) is 0 Å². The lowest BCUT2D eigenvalue weighted by Crippen LogP contribution is -2.16. The van der Waals surface area contributed by atoms with E-state index in [4.69, 9.17) is 23.2 Å². The van der Waals surface area contributed by atoms with E-state index >= 15 is 0 Å². The summed E-state index contributed by atoms with van der Waals surface area (Å²) in [5, 5.41) is 1.73. The van der Waals surface area contributed by atoms with Crippen LogP contribution < -0.4 is 5.32 Å². The number of carbonyl (C=O) groups excluding carboxylic acids is 1. The molecular formula is C14H6Cl2F6N2O. The van der Waals surface area contributed by atoms with E-state index in [1.54, 1.807) is 0 Å². The number of amides is 1. The molecule has 1 aromatic heterocycles. The van der Waals surface area contributed by atoms with Crippen molar-refractivity contribution in [1.82, 2.24) is 4.98 Å². The number of hydrogen-bond acceptors (Lipinski definition) is 2. The van der Waals surface area contributed by atoms with Gasteiger partial charge in [0.25, 0.3) is 5.91 Å². The van der Waals surface area contributed by atoms with Crippen molar-refractivity contribution in [3.63, 3.8) is 0 Å². The quantitative estimate of drug-likeness (QED) is 0.518. The maximum Gasteiger partial charge on any atom is 0.416 e. The summed E-state index contributed by atoms with van der Waals surface area (Å²) in [5.41, 5.74) is -3.98. The van der Waals surface area contributed by atoms with Crippen LogP contribution in [0, 0.1) is 0 Å². The smallest absolute Gasteiger partial charge is 0.322 e. The average Bonchev–Trinajstić information content (AvgIpc) is 2.48. The van der Waals surface area contributed by atoms with E-state index in [1.807, 2.05) is 5.32 Å². The molecular weight excluding hydrogens is 397 g/mol. The second-order valence-electron chi connectivity index (χ2n) is 4.75. The number of rotatable bonds is 2. The summed E-state index contributed by atoms with van der Waals surface area (Å²) in [5.74, 6) is -1.00. The van der Waals surface area contributed by atoms with Gasteiger partial charge in [0.2, 0.25) is 0 Å². The van der Waals surface area contributed by atoms with Gasteiger partial charge in [-0.3, -0.25) is 4.79 Å². The molecule has 25 heavy (non-hydrogen) atoms. The second kappa shape index (κ2) is 6.72. The molecule has 11 heteroatoms. The Morgan fingerprint density at radius 2 is 1.44 bits per heavy atom. The van der Waals surface area contributed by atoms with Crippen molar-refractivity contribution in [3.8, 4) is 0 Å². The van der Waals surface area contributed by atoms with Crippen LogP contribution in [0.1, 0.15) is 21.5 Å². The molecule has 0 bridgehead atoms. The van der Waals surface area contributed by atoms with Gasteiger partial charge in [0, 0.05) is 11.9 Å². The van der Waals surface area contributed by atoms with E-state index in [9.17, 15) is 31.1 Å². The number of halogens is 8. The largest absolute Gasteiger partial charge is 0.416 e. The third-order valence-corrected chi connectivity index (χ3v) is 3.59. The molecule has 2 aromatic rings. The first-order chi connectivity index (χ1) is 11.4. The monoisotopic (exact) mass is 402 g/mol. The van der Waals surface area contributed by atoms with Crippen LogP contribution in [0.4, 0.5) is 32.0 Å². The van der Waals surface area contributed by atoms with Crippen molar-refractivity contribution >= 4 is 34.8 Å². The standard InChI is InChI=1S/C14H6Cl2F6N2O/c15-10-1-6(5-23-11(10)16)12(25)24-9-3-7(13(17,18)19)2-8(4-9)14(20,21)22/h1-5H,(H,24,25). The summed E-state index contributed by atoms with van der Waals surface area (Å²) < 4.78 is 76.6. The molecule has 0 radical (unpaired) electrons. The molecule has 0 aliphatic carbocycles. The Kier molecular flexibility index (Phi) is 5.19. The summed E-state index contributed by atoms with van der Waals surface area (Å²) in [4.78, 5) is 15.6. The summed E-state index contributed by atoms with van der Waals surface area (Å²) in [6.07, 6.45) is -9.07. The molecule has 134 valence electrons. The molecule has 2 rings (SSSR count). The van der Waals surface area contributed by atoms with E-state index in [0.717, 1.165) is 12.3 Å². The van der Waals surface area contributed by atoms with E-state index in [-0.39, 0.29) is 21.8 Å². The van der Waals surface area contributed by atoms with Gasteiger partial charge < -0.3 is 5.32 Å². The van der Waals surface area contributed by atoms with Crippen molar-refractivity contribution < 1.29 is 31.1 Å². The van der Waals surface area contributed by atoms with E-state index in [1.165, 1.54) is 0 Å². The van der Waals surface area contributed by atoms with Crippen LogP contribution in [-0.2, 0) is 12.4 Å². The summed E-state index contributed by atoms with van der Waals surface area (Å²) in [6.45, 7) is 0. The van der Waals surface area contributed by atoms with E-state index < -0.39 is 35.1 Å². The Morgan fingerprint density at radius 1 is 0.920 bits per heavy atom. The normalized spacial score (nSPS) is 12.2. The summed E-state index contributed by atoms with van der Waals surface area (Å²) in [6, 6.07) is 1.80. The molecule has 0 atom stereocenters. The number of nitrogens with one attached hydrogen (secondary N) is 1. The number of benzene rings is 1. The minimum absolute atomic E-state index is 0.0453. The Morgan fingerprint density at radius 3 is 1.88 bits per heavy atom. The Hall–Kier alpha value is -2.00. The maximum atomic E-state index is 12.8. The minimum Gasteiger partial charge on any atom is -0.322 e. The lowest BCUT2D eigenvalue weighted by Gasteiger charge is -2.14. The molecule has 0 saturated heterocycles. The summed E-state index contributed by atoms with van der Waals surface area (Å²) >= 11 is 11.2. The van der Waals surface area contributed by atoms with Crippen LogP contribution in [0.3, 0.4) is 0 Å². The van der Waals surface area contributed by atoms with E-state index in [2.05, 4.69) is 4.98 Å². The number of nitrogens with zero attached hydrogens (tertiary/aromatic N) is 1. The molecule has 0 unspecified atom stereocenters. The second-order valence-corrected chi connectivity index (χ2v) is 5.51. The first kappa shape index (κ1) is 19.3. The Balaban J connectivity index is 2.41. The lowest BCUT2D eigenvalue weighted by molar-refractivity contribution is -0.143. The molecule has 0 spiro atoms. The molecule has 0 aliphatic heterocycles. The first-order valence-corrected chi connectivity index (χ1v) is 7.05. The third-order valence-electron chi connectivity index (χ3n) is 2.90. The van der Waals surface area contributed by atoms with Crippen LogP contribution in [-0.4, -0.2) is 10.9 Å². The van der Waals surface area contributed by atoms with Gasteiger partial charge >= 0.3 is 12.4 Å². The van der Waals surface area contributed by atoms with Crippen molar-refractivity contribution in [2.24, 2.45) is 0 Å². The number of aromatic nitrogens is 1. The fraction of sp³-hybridized carbons (Fsp3) is 0.143. The first-order valence-electron chi connectivity index (χ1n) is 6.30. The highest BCUT2D eigenvalue weighted by Gasteiger charge is 2.37. The van der Waals surface area contributed by atoms with Gasteiger partial charge in [-0.1, -0.05) is 23.2 Å². The van der Waals surface area contributed by atoms with Gasteiger partial charge in [-0.15, -0.1) is 0 Å². The highest BCUT2D eigenvalue weighted by molar-refractivity contribution is 6.41. The third kappa shape index (κ3) is 4.76. The van der Waals surface area contributed by atoms with Crippen LogP contribution in [0.15, 0.2) is 30.5 Å². The predicted molar refractivity (Wildman–Crippen MR) is 78.7 cm³/mol. The highest BCUT2D eigenvalue weighted by atomic mass is 35.5. The molecule has 3 nitrogen and oxygen atoms in total. The van der Waals surface area contributed by atoms with Crippen LogP contribution >= 0.6 is 23.2 Å². The zero-order chi connectivity index (χ0) is 19.0. The van der Waals surface area contributed by atoms with Crippen molar-refractivity contribution in [2.45, 2.75) is 12.4 Å². The number of alkyl halides is 6. The predicted octanol–water partition coefficient (Wildman–Crippen LogP) is 5.68. The van der Waals surface area contributed by atoms with Crippen molar-refractivity contribution in [3.05, 3.63) is 57.3 Å². The SMILES string of the molecule is O=C(Nc1cc(C(F)(F)F)cc(C(F)(F)F)c1)c1cnc(Cl)c(Cl)c1. The van der Waals surface area contributed by atoms with Gasteiger partial charge in [-0.25, -0.2) is 4.98 Å². The van der Waals surface area contributed by atoms with Gasteiger partial charge in [0.05, 0.1) is 21.7 Å². The number of carbonyl (C=O) groups is 1. The maximum absolute atomic E-state index is 12.8. The lowest BCUT2D eigenvalue weighted by atomic mass is 10.1. The molecule has 1 amide bonds. The highest BCUT2D eigenvalue weighted by Crippen LogP contribution is 2.37. The topological polar surface area (TPSA) is 42.0 Å². The number of hydrogen-bond donors (Lipinski definition) is 1. The Bertz CT molecular complexity index is 788. The average molecular weight is 403 g/mol. The van der Waals surface area contributed by atoms with Gasteiger partial charge in [0.15, 0.2) is 0 Å². The summed E-state index contributed by atoms with van der Waals surface area (Å²) in [7, 11) is 0. The molecule has 1 N–H and O–H groups in total. The molecule has 1 heterocycles. The zero-order valence-electron chi connectivity index (χ0n) is 11.8. The van der Waals surface area contributed by atoms with Crippen LogP contribution in [0.2, 0.25) is 10.2 Å². The fourth-order valence-electron chi connectivity index (χ4n) is 1.78. The van der Waals surface area contributed by atoms with E-state index in [0.29, 0.717) is 12.1 Å². The van der Waals surface area contributed by atoms with Gasteiger partial charge in [-0.05, 0) is 24.3 Å². The number of pyridine rings is 1.